The highest BCUT2D eigenvalue weighted by Gasteiger charge is 2.35. The van der Waals surface area contributed by atoms with Gasteiger partial charge in [0.25, 0.3) is 5.91 Å². The molecule has 0 radical (unpaired) electrons. The van der Waals surface area contributed by atoms with E-state index in [1.54, 1.807) is 0 Å². The summed E-state index contributed by atoms with van der Waals surface area (Å²) in [6.07, 6.45) is -2.92. The lowest BCUT2D eigenvalue weighted by Gasteiger charge is -2.11. The smallest absolute Gasteiger partial charge is 0.409 e. The number of hydrogen-bond acceptors (Lipinski definition) is 4. The molecule has 0 spiro atoms. The first-order valence-corrected chi connectivity index (χ1v) is 4.37. The van der Waals surface area contributed by atoms with Gasteiger partial charge in [-0.1, -0.05) is 5.16 Å². The predicted molar refractivity (Wildman–Crippen MR) is 51.6 cm³/mol. The van der Waals surface area contributed by atoms with E-state index < -0.39 is 23.2 Å². The van der Waals surface area contributed by atoms with Crippen LogP contribution in [0.25, 0.3) is 0 Å². The second-order valence-corrected chi connectivity index (χ2v) is 3.06. The maximum atomic E-state index is 12.5. The van der Waals surface area contributed by atoms with Crippen molar-refractivity contribution in [3.05, 3.63) is 29.6 Å². The average molecular weight is 247 g/mol. The first kappa shape index (κ1) is 12.9. The van der Waals surface area contributed by atoms with Crippen LogP contribution in [0.15, 0.2) is 23.6 Å². The molecule has 1 amide bonds. The van der Waals surface area contributed by atoms with Crippen molar-refractivity contribution in [3.8, 4) is 0 Å². The third kappa shape index (κ3) is 3.16. The Hall–Kier alpha value is -2.12. The monoisotopic (exact) mass is 247 g/mol. The van der Waals surface area contributed by atoms with Crippen LogP contribution in [0.2, 0.25) is 0 Å². The van der Waals surface area contributed by atoms with Gasteiger partial charge in [-0.05, 0) is 13.0 Å². The van der Waals surface area contributed by atoms with Crippen LogP contribution in [0.4, 0.5) is 13.2 Å². The van der Waals surface area contributed by atoms with E-state index in [9.17, 15) is 18.0 Å². The second-order valence-electron chi connectivity index (χ2n) is 3.06. The van der Waals surface area contributed by atoms with E-state index in [2.05, 4.69) is 10.1 Å². The fourth-order valence-corrected chi connectivity index (χ4v) is 1.08. The summed E-state index contributed by atoms with van der Waals surface area (Å²) in [6, 6.07) is 0.695. The van der Waals surface area contributed by atoms with Crippen LogP contribution in [0.1, 0.15) is 22.8 Å². The first-order valence-electron chi connectivity index (χ1n) is 4.37. The van der Waals surface area contributed by atoms with E-state index in [-0.39, 0.29) is 5.84 Å². The van der Waals surface area contributed by atoms with Crippen LogP contribution in [0.5, 0.6) is 0 Å². The molecule has 5 nitrogen and oxygen atoms in total. The number of rotatable bonds is 1. The fourth-order valence-electron chi connectivity index (χ4n) is 1.08. The Labute approximate surface area is 94.0 Å². The van der Waals surface area contributed by atoms with Crippen LogP contribution in [0.3, 0.4) is 0 Å². The molecule has 1 heterocycles. The van der Waals surface area contributed by atoms with E-state index in [0.717, 1.165) is 12.4 Å². The number of nitrogens with one attached hydrogen (secondary N) is 1. The Morgan fingerprint density at radius 3 is 2.71 bits per heavy atom. The van der Waals surface area contributed by atoms with Crippen LogP contribution >= 0.6 is 0 Å². The molecule has 92 valence electrons. The van der Waals surface area contributed by atoms with Gasteiger partial charge in [0.15, 0.2) is 0 Å². The largest absolute Gasteiger partial charge is 0.417 e. The molecular formula is C9H8F3N3O2. The number of halogens is 3. The summed E-state index contributed by atoms with van der Waals surface area (Å²) in [5, 5.41) is 12.9. The zero-order chi connectivity index (χ0) is 13.1. The zero-order valence-electron chi connectivity index (χ0n) is 8.62. The summed E-state index contributed by atoms with van der Waals surface area (Å²) in [5.41, 5.74) is -1.74. The van der Waals surface area contributed by atoms with Gasteiger partial charge in [-0.3, -0.25) is 9.78 Å². The summed E-state index contributed by atoms with van der Waals surface area (Å²) in [5.74, 6) is -1.26. The van der Waals surface area contributed by atoms with Gasteiger partial charge in [-0.25, -0.2) is 0 Å². The summed E-state index contributed by atoms with van der Waals surface area (Å²) in [7, 11) is 0. The SMILES string of the molecule is CC(=NO)NC(=O)c1cnccc1C(F)(F)F. The molecule has 2 N–H and O–H groups in total. The Morgan fingerprint density at radius 2 is 2.18 bits per heavy atom. The van der Waals surface area contributed by atoms with Crippen molar-refractivity contribution in [1.29, 1.82) is 0 Å². The van der Waals surface area contributed by atoms with E-state index in [4.69, 9.17) is 5.21 Å². The van der Waals surface area contributed by atoms with Gasteiger partial charge in [0.1, 0.15) is 5.84 Å². The molecule has 17 heavy (non-hydrogen) atoms. The van der Waals surface area contributed by atoms with Crippen molar-refractivity contribution < 1.29 is 23.2 Å². The highest BCUT2D eigenvalue weighted by atomic mass is 19.4. The number of carbonyl (C=O) groups is 1. The van der Waals surface area contributed by atoms with Gasteiger partial charge in [0, 0.05) is 12.4 Å². The van der Waals surface area contributed by atoms with E-state index in [0.29, 0.717) is 6.07 Å². The fraction of sp³-hybridized carbons (Fsp3) is 0.222. The number of oxime groups is 1. The maximum absolute atomic E-state index is 12.5. The van der Waals surface area contributed by atoms with Crippen molar-refractivity contribution in [2.75, 3.05) is 0 Å². The minimum absolute atomic E-state index is 0.216. The minimum atomic E-state index is -4.65. The summed E-state index contributed by atoms with van der Waals surface area (Å²) in [6.45, 7) is 1.22. The molecule has 0 saturated heterocycles. The molecule has 1 rings (SSSR count). The number of hydrogen-bond donors (Lipinski definition) is 2. The Morgan fingerprint density at radius 1 is 1.53 bits per heavy atom. The third-order valence-electron chi connectivity index (χ3n) is 1.82. The molecule has 0 aromatic carbocycles. The van der Waals surface area contributed by atoms with E-state index in [1.165, 1.54) is 6.92 Å². The highest BCUT2D eigenvalue weighted by Crippen LogP contribution is 2.31. The maximum Gasteiger partial charge on any atom is 0.417 e. The van der Waals surface area contributed by atoms with Gasteiger partial charge in [0.05, 0.1) is 11.1 Å². The van der Waals surface area contributed by atoms with E-state index in [1.807, 2.05) is 5.32 Å². The van der Waals surface area contributed by atoms with E-state index >= 15 is 0 Å². The van der Waals surface area contributed by atoms with Gasteiger partial charge in [-0.2, -0.15) is 13.2 Å². The number of pyridine rings is 1. The normalized spacial score (nSPS) is 12.4. The molecule has 0 atom stereocenters. The number of amidine groups is 1. The van der Waals surface area contributed by atoms with Gasteiger partial charge >= 0.3 is 6.18 Å². The molecule has 0 unspecified atom stereocenters. The molecule has 0 fully saturated rings. The Kier molecular flexibility index (Phi) is 3.66. The third-order valence-corrected chi connectivity index (χ3v) is 1.82. The van der Waals surface area contributed by atoms with Crippen LogP contribution in [-0.4, -0.2) is 21.9 Å². The summed E-state index contributed by atoms with van der Waals surface area (Å²) < 4.78 is 37.6. The van der Waals surface area contributed by atoms with Crippen molar-refractivity contribution in [3.63, 3.8) is 0 Å². The van der Waals surface area contributed by atoms with Crippen LogP contribution in [0, 0.1) is 0 Å². The minimum Gasteiger partial charge on any atom is -0.409 e. The number of nitrogens with zero attached hydrogens (tertiary/aromatic N) is 2. The summed E-state index contributed by atoms with van der Waals surface area (Å²) in [4.78, 5) is 14.9. The topological polar surface area (TPSA) is 74.6 Å². The molecule has 0 bridgehead atoms. The molecule has 0 aliphatic heterocycles. The molecule has 1 aromatic heterocycles. The van der Waals surface area contributed by atoms with Crippen LogP contribution in [-0.2, 0) is 6.18 Å². The molecule has 8 heteroatoms. The number of amides is 1. The van der Waals surface area contributed by atoms with Crippen molar-refractivity contribution in [1.82, 2.24) is 10.3 Å². The lowest BCUT2D eigenvalue weighted by Crippen LogP contribution is -2.30. The van der Waals surface area contributed by atoms with Gasteiger partial charge in [0.2, 0.25) is 0 Å². The molecule has 0 aliphatic rings. The molecule has 0 aliphatic carbocycles. The van der Waals surface area contributed by atoms with Crippen molar-refractivity contribution in [2.24, 2.45) is 5.16 Å². The van der Waals surface area contributed by atoms with Gasteiger partial charge in [-0.15, -0.1) is 0 Å². The first-order chi connectivity index (χ1) is 7.86. The standard InChI is InChI=1S/C9H8F3N3O2/c1-5(15-17)14-8(16)6-4-13-3-2-7(6)9(10,11)12/h2-4,17H,1H3,(H,14,15,16). The lowest BCUT2D eigenvalue weighted by molar-refractivity contribution is -0.138. The second kappa shape index (κ2) is 4.81. The van der Waals surface area contributed by atoms with Crippen molar-refractivity contribution in [2.45, 2.75) is 13.1 Å². The highest BCUT2D eigenvalue weighted by molar-refractivity contribution is 6.06. The van der Waals surface area contributed by atoms with Crippen molar-refractivity contribution >= 4 is 11.7 Å². The number of carbonyl (C=O) groups excluding carboxylic acids is 1. The average Bonchev–Trinajstić information content (AvgIpc) is 2.27. The molecular weight excluding hydrogens is 239 g/mol. The van der Waals surface area contributed by atoms with Gasteiger partial charge < -0.3 is 10.5 Å². The zero-order valence-corrected chi connectivity index (χ0v) is 8.62. The summed E-state index contributed by atoms with van der Waals surface area (Å²) >= 11 is 0. The lowest BCUT2D eigenvalue weighted by atomic mass is 10.1. The Balaban J connectivity index is 3.10. The number of aromatic nitrogens is 1. The quantitative estimate of drug-likeness (QED) is 0.343. The number of alkyl halides is 3. The predicted octanol–water partition coefficient (Wildman–Crippen LogP) is 1.64. The molecule has 1 aromatic rings. The van der Waals surface area contributed by atoms with Crippen LogP contribution < -0.4 is 5.32 Å². The Bertz CT molecular complexity index is 457. The molecule has 0 saturated carbocycles.